The summed E-state index contributed by atoms with van der Waals surface area (Å²) in [6.45, 7) is 2.33. The van der Waals surface area contributed by atoms with Crippen molar-refractivity contribution in [2.24, 2.45) is 5.92 Å². The highest BCUT2D eigenvalue weighted by molar-refractivity contribution is 5.84. The van der Waals surface area contributed by atoms with Crippen LogP contribution in [-0.4, -0.2) is 14.2 Å². The summed E-state index contributed by atoms with van der Waals surface area (Å²) < 4.78 is 5.47. The molecule has 0 aromatic heterocycles. The lowest BCUT2D eigenvalue weighted by atomic mass is 9.93. The third-order valence-electron chi connectivity index (χ3n) is 7.95. The van der Waals surface area contributed by atoms with Gasteiger partial charge in [0, 0.05) is 61.1 Å². The summed E-state index contributed by atoms with van der Waals surface area (Å²) in [6.07, 6.45) is 5.58. The topological polar surface area (TPSA) is 16.9 Å². The van der Waals surface area contributed by atoms with E-state index in [1.54, 1.807) is 7.11 Å². The molecule has 1 aliphatic carbocycles. The van der Waals surface area contributed by atoms with Gasteiger partial charge in [0.2, 0.25) is 0 Å². The average molecular weight is 524 g/mol. The van der Waals surface area contributed by atoms with Crippen LogP contribution in [0.3, 0.4) is 0 Å². The van der Waals surface area contributed by atoms with Crippen LogP contribution in [0.4, 0.5) is 17.1 Å². The zero-order chi connectivity index (χ0) is 27.5. The van der Waals surface area contributed by atoms with Crippen LogP contribution in [0.1, 0.15) is 13.3 Å². The fourth-order valence-electron chi connectivity index (χ4n) is 5.79. The fraction of sp³-hybridized carbons (Fsp3) is 0.135. The fourth-order valence-corrected chi connectivity index (χ4v) is 5.79. The van der Waals surface area contributed by atoms with Crippen molar-refractivity contribution in [2.45, 2.75) is 13.3 Å². The third-order valence-corrected chi connectivity index (χ3v) is 7.95. The number of benzene rings is 5. The van der Waals surface area contributed by atoms with Crippen molar-refractivity contribution in [2.75, 3.05) is 19.1 Å². The van der Waals surface area contributed by atoms with Crippen molar-refractivity contribution in [3.63, 3.8) is 0 Å². The summed E-state index contributed by atoms with van der Waals surface area (Å²) in [5.41, 5.74) is 8.75. The van der Waals surface area contributed by atoms with E-state index < -0.39 is 0 Å². The van der Waals surface area contributed by atoms with E-state index in [1.807, 2.05) is 12.1 Å². The highest BCUT2D eigenvalue weighted by atomic mass is 16.5. The van der Waals surface area contributed by atoms with Gasteiger partial charge in [-0.05, 0) is 64.4 Å². The molecule has 3 nitrogen and oxygen atoms in total. The van der Waals surface area contributed by atoms with Gasteiger partial charge in [-0.1, -0.05) is 67.6 Å². The molecular formula is C37H35N2O+. The van der Waals surface area contributed by atoms with Crippen LogP contribution < -0.4 is 14.5 Å². The summed E-state index contributed by atoms with van der Waals surface area (Å²) in [5, 5.41) is 2.52. The van der Waals surface area contributed by atoms with E-state index in [-0.39, 0.29) is 0 Å². The van der Waals surface area contributed by atoms with Crippen molar-refractivity contribution >= 4 is 27.8 Å². The first-order chi connectivity index (χ1) is 19.6. The van der Waals surface area contributed by atoms with E-state index in [9.17, 15) is 0 Å². The quantitative estimate of drug-likeness (QED) is 0.231. The van der Waals surface area contributed by atoms with E-state index in [2.05, 4.69) is 140 Å². The van der Waals surface area contributed by atoms with Crippen LogP contribution in [0.2, 0.25) is 0 Å². The van der Waals surface area contributed by atoms with Gasteiger partial charge in [-0.3, -0.25) is 0 Å². The smallest absolute Gasteiger partial charge is 0.141 e. The van der Waals surface area contributed by atoms with Gasteiger partial charge < -0.3 is 9.64 Å². The zero-order valence-electron chi connectivity index (χ0n) is 23.3. The second-order valence-electron chi connectivity index (χ2n) is 10.5. The molecule has 0 heterocycles. The molecule has 5 aromatic rings. The largest absolute Gasteiger partial charge is 0.497 e. The molecule has 0 radical (unpaired) electrons. The molecule has 5 aromatic carbocycles. The maximum Gasteiger partial charge on any atom is 0.141 e. The van der Waals surface area contributed by atoms with Crippen LogP contribution in [0.5, 0.6) is 5.75 Å². The number of fused-ring (bicyclic) bond motifs is 1. The molecule has 0 amide bonds. The maximum atomic E-state index is 5.47. The van der Waals surface area contributed by atoms with E-state index in [0.29, 0.717) is 5.92 Å². The number of rotatable bonds is 7. The first-order valence-electron chi connectivity index (χ1n) is 13.9. The van der Waals surface area contributed by atoms with Gasteiger partial charge in [-0.15, -0.1) is 0 Å². The number of allylic oxidation sites excluding steroid dienone is 4. The number of quaternary nitrogens is 1. The first-order valence-corrected chi connectivity index (χ1v) is 13.9. The van der Waals surface area contributed by atoms with Crippen molar-refractivity contribution in [3.05, 3.63) is 145 Å². The number of hydrogen-bond donors (Lipinski definition) is 1. The van der Waals surface area contributed by atoms with E-state index in [0.717, 1.165) is 17.9 Å². The van der Waals surface area contributed by atoms with Crippen molar-refractivity contribution in [1.82, 2.24) is 0 Å². The Hall–Kier alpha value is -4.60. The molecule has 1 aliphatic rings. The van der Waals surface area contributed by atoms with Crippen LogP contribution in [0.25, 0.3) is 21.9 Å². The number of ether oxygens (including phenoxy) is 1. The van der Waals surface area contributed by atoms with Crippen LogP contribution in [-0.2, 0) is 0 Å². The molecule has 2 unspecified atom stereocenters. The lowest BCUT2D eigenvalue weighted by Gasteiger charge is -2.32. The molecule has 0 saturated heterocycles. The standard InChI is InChI=1S/C37H34N2O/c1-27-24-34(22-23-37(27)38(2)33-14-9-15-36(26-33)40-3)39(35-21-18-29-12-7-8-13-31(29)25-35)32-19-16-30(17-20-32)28-10-5-4-6-11-28/h4-23,25-27H,24H2,1-3H3/p+1. The minimum absolute atomic E-state index is 0.357. The molecule has 6 rings (SSSR count). The third kappa shape index (κ3) is 5.16. The number of methoxy groups -OCH3 is 1. The Bertz CT molecular complexity index is 1690. The van der Waals surface area contributed by atoms with Gasteiger partial charge >= 0.3 is 0 Å². The molecule has 3 heteroatoms. The molecule has 0 aliphatic heterocycles. The van der Waals surface area contributed by atoms with Crippen molar-refractivity contribution < 1.29 is 9.64 Å². The Kier molecular flexibility index (Phi) is 7.22. The maximum absolute atomic E-state index is 5.47. The van der Waals surface area contributed by atoms with Crippen LogP contribution in [0, 0.1) is 5.92 Å². The SMILES string of the molecule is COc1cccc(N(C)C2=CC=C([NH+](c3ccc(-c4ccccc4)cc3)c3ccc4ccccc4c3)CC2C)c1. The molecule has 1 N–H and O–H groups in total. The number of hydrogen-bond acceptors (Lipinski definition) is 2. The second kappa shape index (κ2) is 11.3. The minimum atomic E-state index is 0.357. The van der Waals surface area contributed by atoms with Gasteiger partial charge in [-0.2, -0.15) is 0 Å². The van der Waals surface area contributed by atoms with Gasteiger partial charge in [0.1, 0.15) is 22.8 Å². The molecule has 198 valence electrons. The molecule has 0 bridgehead atoms. The molecule has 0 spiro atoms. The number of anilines is 1. The summed E-state index contributed by atoms with van der Waals surface area (Å²) in [7, 11) is 3.86. The lowest BCUT2D eigenvalue weighted by Crippen LogP contribution is -3.00. The lowest BCUT2D eigenvalue weighted by molar-refractivity contribution is -0.716. The first kappa shape index (κ1) is 25.7. The molecular weight excluding hydrogens is 488 g/mol. The summed E-state index contributed by atoms with van der Waals surface area (Å²) in [4.78, 5) is 3.58. The van der Waals surface area contributed by atoms with Gasteiger partial charge in [-0.25, -0.2) is 4.90 Å². The van der Waals surface area contributed by atoms with Crippen LogP contribution >= 0.6 is 0 Å². The molecule has 2 atom stereocenters. The Morgan fingerprint density at radius 1 is 0.675 bits per heavy atom. The molecule has 40 heavy (non-hydrogen) atoms. The van der Waals surface area contributed by atoms with Crippen molar-refractivity contribution in [1.29, 1.82) is 0 Å². The number of nitrogens with one attached hydrogen (secondary N) is 1. The number of nitrogens with zero attached hydrogens (tertiary/aromatic N) is 1. The van der Waals surface area contributed by atoms with Gasteiger partial charge in [0.05, 0.1) is 7.11 Å². The average Bonchev–Trinajstić information content (AvgIpc) is 3.02. The van der Waals surface area contributed by atoms with E-state index >= 15 is 0 Å². The highest BCUT2D eigenvalue weighted by Crippen LogP contribution is 2.32. The second-order valence-corrected chi connectivity index (χ2v) is 10.5. The van der Waals surface area contributed by atoms with Crippen LogP contribution in [0.15, 0.2) is 145 Å². The molecule has 0 fully saturated rings. The van der Waals surface area contributed by atoms with Crippen molar-refractivity contribution in [3.8, 4) is 16.9 Å². The Balaban J connectivity index is 1.40. The minimum Gasteiger partial charge on any atom is -0.497 e. The van der Waals surface area contributed by atoms with E-state index in [4.69, 9.17) is 4.74 Å². The Morgan fingerprint density at radius 3 is 2.12 bits per heavy atom. The predicted molar refractivity (Wildman–Crippen MR) is 167 cm³/mol. The Morgan fingerprint density at radius 2 is 1.38 bits per heavy atom. The monoisotopic (exact) mass is 523 g/mol. The Labute approximate surface area is 237 Å². The predicted octanol–water partition coefficient (Wildman–Crippen LogP) is 8.31. The molecule has 0 saturated carbocycles. The zero-order valence-corrected chi connectivity index (χ0v) is 23.3. The van der Waals surface area contributed by atoms with E-state index in [1.165, 1.54) is 49.6 Å². The summed E-state index contributed by atoms with van der Waals surface area (Å²) >= 11 is 0. The van der Waals surface area contributed by atoms with Gasteiger partial charge in [0.15, 0.2) is 0 Å². The summed E-state index contributed by atoms with van der Waals surface area (Å²) in [6, 6.07) is 43.3. The normalized spacial score (nSPS) is 15.7. The highest BCUT2D eigenvalue weighted by Gasteiger charge is 2.28. The summed E-state index contributed by atoms with van der Waals surface area (Å²) in [5.74, 6) is 1.23. The van der Waals surface area contributed by atoms with Gasteiger partial charge in [0.25, 0.3) is 0 Å².